The lowest BCUT2D eigenvalue weighted by molar-refractivity contribution is 0.382. The van der Waals surface area contributed by atoms with Gasteiger partial charge in [0.15, 0.2) is 0 Å². The van der Waals surface area contributed by atoms with E-state index in [4.69, 9.17) is 0 Å². The van der Waals surface area contributed by atoms with Crippen molar-refractivity contribution in [3.63, 3.8) is 0 Å². The molecule has 1 aliphatic heterocycles. The van der Waals surface area contributed by atoms with Gasteiger partial charge in [0, 0.05) is 12.2 Å². The van der Waals surface area contributed by atoms with Crippen molar-refractivity contribution in [1.82, 2.24) is 10.3 Å². The van der Waals surface area contributed by atoms with E-state index in [0.29, 0.717) is 6.04 Å². The Morgan fingerprint density at radius 2 is 2.42 bits per heavy atom. The molecular formula is C10H12N2. The molecule has 0 saturated carbocycles. The van der Waals surface area contributed by atoms with Gasteiger partial charge in [-0.1, -0.05) is 12.6 Å². The van der Waals surface area contributed by atoms with Crippen LogP contribution in [0.4, 0.5) is 0 Å². The van der Waals surface area contributed by atoms with Gasteiger partial charge in [-0.15, -0.1) is 0 Å². The van der Waals surface area contributed by atoms with Gasteiger partial charge in [0.1, 0.15) is 0 Å². The van der Waals surface area contributed by atoms with Gasteiger partial charge >= 0.3 is 0 Å². The fraction of sp³-hybridized carbons (Fsp3) is 0.300. The first-order valence-electron chi connectivity index (χ1n) is 4.22. The van der Waals surface area contributed by atoms with E-state index in [1.807, 2.05) is 12.3 Å². The summed E-state index contributed by atoms with van der Waals surface area (Å²) in [6.07, 6.45) is 4.92. The van der Waals surface area contributed by atoms with Gasteiger partial charge in [0.2, 0.25) is 0 Å². The number of aromatic nitrogens is 1. The summed E-state index contributed by atoms with van der Waals surface area (Å²) in [4.78, 5) is 4.24. The Morgan fingerprint density at radius 1 is 1.58 bits per heavy atom. The fourth-order valence-corrected chi connectivity index (χ4v) is 1.32. The molecule has 0 aromatic carbocycles. The summed E-state index contributed by atoms with van der Waals surface area (Å²) in [5.41, 5.74) is 2.23. The molecule has 1 aromatic heterocycles. The number of nitrogens with zero attached hydrogens (tertiary/aromatic N) is 1. The Balaban J connectivity index is 2.18. The molecule has 62 valence electrons. The van der Waals surface area contributed by atoms with Crippen LogP contribution in [0.15, 0.2) is 24.9 Å². The molecule has 1 N–H and O–H groups in total. The second-order valence-electron chi connectivity index (χ2n) is 3.02. The highest BCUT2D eigenvalue weighted by molar-refractivity contribution is 5.41. The van der Waals surface area contributed by atoms with Crippen LogP contribution in [-0.4, -0.2) is 11.5 Å². The third-order valence-corrected chi connectivity index (χ3v) is 2.24. The second-order valence-corrected chi connectivity index (χ2v) is 3.02. The number of hydrogen-bond donors (Lipinski definition) is 1. The minimum atomic E-state index is 0.538. The van der Waals surface area contributed by atoms with E-state index in [-0.39, 0.29) is 0 Å². The van der Waals surface area contributed by atoms with E-state index in [2.05, 4.69) is 22.9 Å². The Bertz CT molecular complexity index is 272. The van der Waals surface area contributed by atoms with Crippen LogP contribution >= 0.6 is 0 Å². The molecule has 1 aromatic rings. The Kier molecular flexibility index (Phi) is 1.92. The molecule has 2 heterocycles. The molecule has 0 spiro atoms. The predicted molar refractivity (Wildman–Crippen MR) is 49.7 cm³/mol. The minimum Gasteiger partial charge on any atom is -0.310 e. The van der Waals surface area contributed by atoms with Gasteiger partial charge < -0.3 is 5.32 Å². The standard InChI is InChI=1S/C10H12N2/c1-2-9-4-3-8(7-12-9)10-5-6-11-10/h2-4,7,10-11H,1,5-6H2/t10-/m1/s1. The summed E-state index contributed by atoms with van der Waals surface area (Å²) in [5, 5.41) is 3.33. The molecular weight excluding hydrogens is 148 g/mol. The summed E-state index contributed by atoms with van der Waals surface area (Å²) in [7, 11) is 0. The van der Waals surface area contributed by atoms with E-state index < -0.39 is 0 Å². The third kappa shape index (κ3) is 1.25. The van der Waals surface area contributed by atoms with Crippen molar-refractivity contribution in [1.29, 1.82) is 0 Å². The van der Waals surface area contributed by atoms with Crippen LogP contribution in [0, 0.1) is 0 Å². The van der Waals surface area contributed by atoms with Crippen LogP contribution in [-0.2, 0) is 0 Å². The normalized spacial score (nSPS) is 21.5. The maximum atomic E-state index is 4.24. The maximum Gasteiger partial charge on any atom is 0.0623 e. The van der Waals surface area contributed by atoms with E-state index in [1.54, 1.807) is 6.08 Å². The molecule has 1 saturated heterocycles. The summed E-state index contributed by atoms with van der Waals surface area (Å²) in [5.74, 6) is 0. The van der Waals surface area contributed by atoms with E-state index in [9.17, 15) is 0 Å². The van der Waals surface area contributed by atoms with Crippen molar-refractivity contribution in [2.75, 3.05) is 6.54 Å². The molecule has 1 fully saturated rings. The average molecular weight is 160 g/mol. The third-order valence-electron chi connectivity index (χ3n) is 2.24. The molecule has 0 bridgehead atoms. The fourth-order valence-electron chi connectivity index (χ4n) is 1.32. The summed E-state index contributed by atoms with van der Waals surface area (Å²) in [6.45, 7) is 4.79. The van der Waals surface area contributed by atoms with Crippen molar-refractivity contribution in [3.8, 4) is 0 Å². The smallest absolute Gasteiger partial charge is 0.0623 e. The molecule has 2 nitrogen and oxygen atoms in total. The lowest BCUT2D eigenvalue weighted by Crippen LogP contribution is -2.34. The monoisotopic (exact) mass is 160 g/mol. The zero-order valence-electron chi connectivity index (χ0n) is 6.96. The van der Waals surface area contributed by atoms with Crippen molar-refractivity contribution >= 4 is 6.08 Å². The first-order chi connectivity index (χ1) is 5.90. The summed E-state index contributed by atoms with van der Waals surface area (Å²) in [6, 6.07) is 4.65. The molecule has 0 aliphatic carbocycles. The van der Waals surface area contributed by atoms with Gasteiger partial charge in [-0.3, -0.25) is 4.98 Å². The highest BCUT2D eigenvalue weighted by Gasteiger charge is 2.17. The van der Waals surface area contributed by atoms with Crippen LogP contribution in [0.2, 0.25) is 0 Å². The number of pyridine rings is 1. The van der Waals surface area contributed by atoms with Crippen LogP contribution in [0.3, 0.4) is 0 Å². The molecule has 1 atom stereocenters. The molecule has 2 heteroatoms. The van der Waals surface area contributed by atoms with Gasteiger partial charge in [0.25, 0.3) is 0 Å². The lowest BCUT2D eigenvalue weighted by Gasteiger charge is -2.27. The van der Waals surface area contributed by atoms with E-state index in [0.717, 1.165) is 12.2 Å². The summed E-state index contributed by atoms with van der Waals surface area (Å²) < 4.78 is 0. The van der Waals surface area contributed by atoms with E-state index >= 15 is 0 Å². The van der Waals surface area contributed by atoms with Gasteiger partial charge in [-0.2, -0.15) is 0 Å². The van der Waals surface area contributed by atoms with Crippen LogP contribution in [0.25, 0.3) is 6.08 Å². The zero-order chi connectivity index (χ0) is 8.39. The average Bonchev–Trinajstić information content (AvgIpc) is 2.03. The van der Waals surface area contributed by atoms with Crippen LogP contribution in [0.5, 0.6) is 0 Å². The SMILES string of the molecule is C=Cc1ccc([C@H]2CCN2)cn1. The number of hydrogen-bond acceptors (Lipinski definition) is 2. The van der Waals surface area contributed by atoms with Gasteiger partial charge in [-0.05, 0) is 30.7 Å². The maximum absolute atomic E-state index is 4.24. The topological polar surface area (TPSA) is 24.9 Å². The highest BCUT2D eigenvalue weighted by Crippen LogP contribution is 2.21. The molecule has 12 heavy (non-hydrogen) atoms. The molecule has 0 amide bonds. The molecule has 1 aliphatic rings. The first kappa shape index (κ1) is 7.50. The number of rotatable bonds is 2. The predicted octanol–water partition coefficient (Wildman–Crippen LogP) is 1.76. The Hall–Kier alpha value is -1.15. The zero-order valence-corrected chi connectivity index (χ0v) is 6.96. The van der Waals surface area contributed by atoms with Crippen LogP contribution < -0.4 is 5.32 Å². The van der Waals surface area contributed by atoms with Crippen molar-refractivity contribution in [2.24, 2.45) is 0 Å². The van der Waals surface area contributed by atoms with Crippen molar-refractivity contribution < 1.29 is 0 Å². The number of nitrogens with one attached hydrogen (secondary N) is 1. The Morgan fingerprint density at radius 3 is 2.83 bits per heavy atom. The van der Waals surface area contributed by atoms with Gasteiger partial charge in [-0.25, -0.2) is 0 Å². The quantitative estimate of drug-likeness (QED) is 0.713. The Labute approximate surface area is 72.3 Å². The molecule has 0 unspecified atom stereocenters. The summed E-state index contributed by atoms with van der Waals surface area (Å²) >= 11 is 0. The van der Waals surface area contributed by atoms with Crippen molar-refractivity contribution in [2.45, 2.75) is 12.5 Å². The van der Waals surface area contributed by atoms with Crippen molar-refractivity contribution in [3.05, 3.63) is 36.2 Å². The van der Waals surface area contributed by atoms with Gasteiger partial charge in [0.05, 0.1) is 5.69 Å². The molecule has 0 radical (unpaired) electrons. The molecule has 2 rings (SSSR count). The largest absolute Gasteiger partial charge is 0.310 e. The minimum absolute atomic E-state index is 0.538. The second kappa shape index (κ2) is 3.07. The van der Waals surface area contributed by atoms with E-state index in [1.165, 1.54) is 12.0 Å². The first-order valence-corrected chi connectivity index (χ1v) is 4.22. The highest BCUT2D eigenvalue weighted by atomic mass is 15.0. The lowest BCUT2D eigenvalue weighted by atomic mass is 10.00. The van der Waals surface area contributed by atoms with Crippen LogP contribution in [0.1, 0.15) is 23.7 Å².